The summed E-state index contributed by atoms with van der Waals surface area (Å²) < 4.78 is 14.6. The summed E-state index contributed by atoms with van der Waals surface area (Å²) in [4.78, 5) is 11.2. The summed E-state index contributed by atoms with van der Waals surface area (Å²) in [5.74, 6) is -1.46. The zero-order chi connectivity index (χ0) is 14.9. The van der Waals surface area contributed by atoms with Crippen molar-refractivity contribution in [3.05, 3.63) is 40.4 Å². The third-order valence-corrected chi connectivity index (χ3v) is 3.00. The fourth-order valence-corrected chi connectivity index (χ4v) is 2.04. The molecule has 0 radical (unpaired) electrons. The van der Waals surface area contributed by atoms with Crippen LogP contribution in [0.1, 0.15) is 30.0 Å². The maximum Gasteiger partial charge on any atom is 0.358 e. The summed E-state index contributed by atoms with van der Waals surface area (Å²) in [6.45, 7) is 3.92. The average molecular weight is 298 g/mol. The molecule has 0 spiro atoms. The van der Waals surface area contributed by atoms with Gasteiger partial charge >= 0.3 is 5.97 Å². The number of halogens is 2. The third-order valence-electron chi connectivity index (χ3n) is 2.72. The number of hydrogen-bond donors (Lipinski definition) is 1. The molecule has 0 saturated carbocycles. The molecular formula is C13H13ClFN3O2. The second kappa shape index (κ2) is 5.58. The van der Waals surface area contributed by atoms with Crippen molar-refractivity contribution in [3.63, 3.8) is 0 Å². The monoisotopic (exact) mass is 297 g/mol. The van der Waals surface area contributed by atoms with Crippen LogP contribution in [-0.4, -0.2) is 26.1 Å². The Balaban J connectivity index is 2.55. The number of carboxylic acids is 1. The van der Waals surface area contributed by atoms with E-state index in [9.17, 15) is 9.18 Å². The van der Waals surface area contributed by atoms with Crippen molar-refractivity contribution in [1.82, 2.24) is 15.0 Å². The van der Waals surface area contributed by atoms with E-state index in [1.54, 1.807) is 0 Å². The predicted molar refractivity (Wildman–Crippen MR) is 71.8 cm³/mol. The van der Waals surface area contributed by atoms with Gasteiger partial charge in [0.15, 0.2) is 5.69 Å². The van der Waals surface area contributed by atoms with Gasteiger partial charge in [0.05, 0.1) is 16.4 Å². The first kappa shape index (κ1) is 14.5. The van der Waals surface area contributed by atoms with Crippen LogP contribution in [0.4, 0.5) is 4.39 Å². The van der Waals surface area contributed by atoms with Crippen molar-refractivity contribution in [2.75, 3.05) is 0 Å². The van der Waals surface area contributed by atoms with Crippen LogP contribution in [-0.2, 0) is 6.42 Å². The number of nitrogens with zero attached hydrogens (tertiary/aromatic N) is 3. The van der Waals surface area contributed by atoms with Crippen molar-refractivity contribution in [3.8, 4) is 5.69 Å². The highest BCUT2D eigenvalue weighted by Gasteiger charge is 2.21. The molecule has 0 aliphatic carbocycles. The second-order valence-electron chi connectivity index (χ2n) is 4.80. The van der Waals surface area contributed by atoms with E-state index in [-0.39, 0.29) is 16.6 Å². The number of aromatic carboxylic acids is 1. The number of aromatic nitrogens is 3. The Hall–Kier alpha value is -1.95. The minimum absolute atomic E-state index is 0.0506. The molecule has 2 rings (SSSR count). The third kappa shape index (κ3) is 2.80. The van der Waals surface area contributed by atoms with E-state index in [1.165, 1.54) is 22.9 Å². The predicted octanol–water partition coefficient (Wildman–Crippen LogP) is 2.96. The van der Waals surface area contributed by atoms with Crippen LogP contribution in [0.25, 0.3) is 5.69 Å². The Morgan fingerprint density at radius 1 is 1.50 bits per heavy atom. The maximum absolute atomic E-state index is 13.2. The molecule has 20 heavy (non-hydrogen) atoms. The number of rotatable bonds is 4. The van der Waals surface area contributed by atoms with Crippen LogP contribution in [0.5, 0.6) is 0 Å². The average Bonchev–Trinajstić information content (AvgIpc) is 2.75. The lowest BCUT2D eigenvalue weighted by molar-refractivity contribution is 0.0689. The quantitative estimate of drug-likeness (QED) is 0.942. The van der Waals surface area contributed by atoms with Gasteiger partial charge in [0, 0.05) is 0 Å². The summed E-state index contributed by atoms with van der Waals surface area (Å²) in [5, 5.41) is 16.6. The number of benzene rings is 1. The zero-order valence-corrected chi connectivity index (χ0v) is 11.7. The standard InChI is InChI=1S/C13H13ClFN3O2/c1-7(2)5-11-12(13(19)20)16-17-18(11)8-3-4-10(15)9(14)6-8/h3-4,6-7H,5H2,1-2H3,(H,19,20). The van der Waals surface area contributed by atoms with E-state index < -0.39 is 11.8 Å². The minimum Gasteiger partial charge on any atom is -0.476 e. The van der Waals surface area contributed by atoms with Gasteiger partial charge in [-0.15, -0.1) is 5.10 Å². The van der Waals surface area contributed by atoms with Crippen LogP contribution in [0.2, 0.25) is 5.02 Å². The van der Waals surface area contributed by atoms with Crippen molar-refractivity contribution in [2.45, 2.75) is 20.3 Å². The summed E-state index contributed by atoms with van der Waals surface area (Å²) in [7, 11) is 0. The Morgan fingerprint density at radius 2 is 2.20 bits per heavy atom. The lowest BCUT2D eigenvalue weighted by Gasteiger charge is -2.09. The van der Waals surface area contributed by atoms with Gasteiger partial charge in [-0.25, -0.2) is 13.9 Å². The van der Waals surface area contributed by atoms with E-state index in [4.69, 9.17) is 16.7 Å². The first-order valence-electron chi connectivity index (χ1n) is 6.03. The molecule has 0 aliphatic rings. The van der Waals surface area contributed by atoms with Gasteiger partial charge in [0.2, 0.25) is 0 Å². The first-order valence-corrected chi connectivity index (χ1v) is 6.41. The molecule has 0 amide bonds. The molecule has 1 aromatic carbocycles. The van der Waals surface area contributed by atoms with Crippen molar-refractivity contribution in [2.24, 2.45) is 5.92 Å². The lowest BCUT2D eigenvalue weighted by atomic mass is 10.1. The Morgan fingerprint density at radius 3 is 2.75 bits per heavy atom. The molecule has 0 aliphatic heterocycles. The molecule has 0 unspecified atom stereocenters. The van der Waals surface area contributed by atoms with Crippen LogP contribution in [0, 0.1) is 11.7 Å². The van der Waals surface area contributed by atoms with Crippen molar-refractivity contribution >= 4 is 17.6 Å². The fourth-order valence-electron chi connectivity index (χ4n) is 1.86. The zero-order valence-electron chi connectivity index (χ0n) is 11.0. The second-order valence-corrected chi connectivity index (χ2v) is 5.21. The molecule has 7 heteroatoms. The summed E-state index contributed by atoms with van der Waals surface area (Å²) in [6, 6.07) is 4.07. The molecule has 0 saturated heterocycles. The van der Waals surface area contributed by atoms with Gasteiger partial charge in [-0.2, -0.15) is 0 Å². The molecule has 0 bridgehead atoms. The Labute approximate surface area is 120 Å². The van der Waals surface area contributed by atoms with E-state index in [0.717, 1.165) is 0 Å². The molecule has 1 aromatic heterocycles. The van der Waals surface area contributed by atoms with Gasteiger partial charge in [0.1, 0.15) is 5.82 Å². The Bertz CT molecular complexity index is 655. The minimum atomic E-state index is -1.14. The van der Waals surface area contributed by atoms with Crippen LogP contribution in [0.3, 0.4) is 0 Å². The van der Waals surface area contributed by atoms with Crippen LogP contribution >= 0.6 is 11.6 Å². The fraction of sp³-hybridized carbons (Fsp3) is 0.308. The first-order chi connectivity index (χ1) is 9.40. The molecule has 1 heterocycles. The van der Waals surface area contributed by atoms with Crippen LogP contribution < -0.4 is 0 Å². The number of hydrogen-bond acceptors (Lipinski definition) is 3. The lowest BCUT2D eigenvalue weighted by Crippen LogP contribution is -2.10. The van der Waals surface area contributed by atoms with Crippen molar-refractivity contribution in [1.29, 1.82) is 0 Å². The van der Waals surface area contributed by atoms with E-state index in [2.05, 4.69) is 10.3 Å². The van der Waals surface area contributed by atoms with Crippen LogP contribution in [0.15, 0.2) is 18.2 Å². The smallest absolute Gasteiger partial charge is 0.358 e. The van der Waals surface area contributed by atoms with Gasteiger partial charge < -0.3 is 5.11 Å². The highest BCUT2D eigenvalue weighted by molar-refractivity contribution is 6.30. The summed E-state index contributed by atoms with van der Waals surface area (Å²) in [6.07, 6.45) is 0.490. The SMILES string of the molecule is CC(C)Cc1c(C(=O)O)nnn1-c1ccc(F)c(Cl)c1. The van der Waals surface area contributed by atoms with E-state index in [1.807, 2.05) is 13.8 Å². The highest BCUT2D eigenvalue weighted by atomic mass is 35.5. The number of carbonyl (C=O) groups is 1. The molecule has 0 atom stereocenters. The molecule has 1 N–H and O–H groups in total. The van der Waals surface area contributed by atoms with Crippen molar-refractivity contribution < 1.29 is 14.3 Å². The molecule has 2 aromatic rings. The Kier molecular flexibility index (Phi) is 4.04. The largest absolute Gasteiger partial charge is 0.476 e. The van der Waals surface area contributed by atoms with E-state index in [0.29, 0.717) is 17.8 Å². The van der Waals surface area contributed by atoms with E-state index >= 15 is 0 Å². The topological polar surface area (TPSA) is 68.0 Å². The normalized spacial score (nSPS) is 11.1. The van der Waals surface area contributed by atoms with Gasteiger partial charge in [0.25, 0.3) is 0 Å². The van der Waals surface area contributed by atoms with Gasteiger partial charge in [-0.3, -0.25) is 0 Å². The summed E-state index contributed by atoms with van der Waals surface area (Å²) in [5.41, 5.74) is 0.848. The molecular weight excluding hydrogens is 285 g/mol. The molecule has 106 valence electrons. The van der Waals surface area contributed by atoms with Gasteiger partial charge in [-0.1, -0.05) is 30.7 Å². The highest BCUT2D eigenvalue weighted by Crippen LogP contribution is 2.21. The maximum atomic E-state index is 13.2. The molecule has 5 nitrogen and oxygen atoms in total. The number of carboxylic acid groups (broad SMARTS) is 1. The van der Waals surface area contributed by atoms with Gasteiger partial charge in [-0.05, 0) is 30.5 Å². The molecule has 0 fully saturated rings. The summed E-state index contributed by atoms with van der Waals surface area (Å²) >= 11 is 5.74.